The molecular weight excluding hydrogens is 414 g/mol. The first-order valence-corrected chi connectivity index (χ1v) is 10.3. The maximum absolute atomic E-state index is 12.9. The van der Waals surface area contributed by atoms with Crippen molar-refractivity contribution in [1.82, 2.24) is 0 Å². The Labute approximate surface area is 187 Å². The number of halogens is 1. The van der Waals surface area contributed by atoms with Crippen molar-refractivity contribution >= 4 is 29.0 Å². The first kappa shape index (κ1) is 22.4. The number of Topliss-reactive ketones (excluding diaryl/α,β-unsaturated/α-hetero) is 1. The minimum Gasteiger partial charge on any atom is -0.497 e. The summed E-state index contributed by atoms with van der Waals surface area (Å²) in [6.45, 7) is 2.09. The quantitative estimate of drug-likeness (QED) is 0.331. The zero-order chi connectivity index (χ0) is 22.2. The molecule has 0 aromatic heterocycles. The summed E-state index contributed by atoms with van der Waals surface area (Å²) in [6.07, 6.45) is 0.244. The highest BCUT2D eigenvalue weighted by atomic mass is 35.5. The van der Waals surface area contributed by atoms with Crippen LogP contribution in [0.5, 0.6) is 5.75 Å². The molecule has 0 heterocycles. The van der Waals surface area contributed by atoms with E-state index in [2.05, 4.69) is 5.32 Å². The molecule has 0 saturated heterocycles. The minimum absolute atomic E-state index is 0.00162. The second-order valence-corrected chi connectivity index (χ2v) is 7.34. The van der Waals surface area contributed by atoms with Crippen LogP contribution >= 0.6 is 11.6 Å². The van der Waals surface area contributed by atoms with Gasteiger partial charge in [-0.25, -0.2) is 4.79 Å². The molecule has 0 spiro atoms. The molecule has 160 valence electrons. The predicted octanol–water partition coefficient (Wildman–Crippen LogP) is 5.95. The fraction of sp³-hybridized carbons (Fsp3) is 0.200. The van der Waals surface area contributed by atoms with Crippen LogP contribution in [0.1, 0.15) is 45.7 Å². The molecule has 31 heavy (non-hydrogen) atoms. The number of rotatable bonds is 9. The molecule has 0 saturated carbocycles. The lowest BCUT2D eigenvalue weighted by molar-refractivity contribution is 0.0526. The average Bonchev–Trinajstić information content (AvgIpc) is 2.80. The van der Waals surface area contributed by atoms with Crippen LogP contribution in [0.2, 0.25) is 5.02 Å². The second kappa shape index (κ2) is 10.6. The lowest BCUT2D eigenvalue weighted by atomic mass is 9.97. The largest absolute Gasteiger partial charge is 0.497 e. The number of hydrogen-bond acceptors (Lipinski definition) is 5. The zero-order valence-corrected chi connectivity index (χ0v) is 18.2. The number of carbonyl (C=O) groups is 2. The molecule has 0 radical (unpaired) electrons. The summed E-state index contributed by atoms with van der Waals surface area (Å²) in [5.74, 6) is 0.335. The Bertz CT molecular complexity index is 1010. The first-order valence-electron chi connectivity index (χ1n) is 9.96. The SMILES string of the molecule is CCOC(=O)c1ccc(N[C@H](CC(=O)c2ccc(OC)cc2)c2ccc(Cl)cc2)cc1. The Kier molecular flexibility index (Phi) is 7.68. The number of anilines is 1. The molecule has 3 aromatic rings. The maximum atomic E-state index is 12.9. The Morgan fingerprint density at radius 1 is 0.903 bits per heavy atom. The minimum atomic E-state index is -0.363. The monoisotopic (exact) mass is 437 g/mol. The van der Waals surface area contributed by atoms with E-state index in [-0.39, 0.29) is 24.2 Å². The topological polar surface area (TPSA) is 64.6 Å². The number of hydrogen-bond donors (Lipinski definition) is 1. The Hall–Kier alpha value is -3.31. The van der Waals surface area contributed by atoms with E-state index < -0.39 is 0 Å². The summed E-state index contributed by atoms with van der Waals surface area (Å²) >= 11 is 6.04. The Morgan fingerprint density at radius 2 is 1.52 bits per heavy atom. The third kappa shape index (κ3) is 6.09. The normalized spacial score (nSPS) is 11.5. The molecule has 5 nitrogen and oxygen atoms in total. The van der Waals surface area contributed by atoms with Crippen molar-refractivity contribution in [2.45, 2.75) is 19.4 Å². The third-order valence-corrected chi connectivity index (χ3v) is 5.06. The molecular formula is C25H24ClNO4. The fourth-order valence-electron chi connectivity index (χ4n) is 3.15. The number of benzene rings is 3. The Balaban J connectivity index is 1.80. The van der Waals surface area contributed by atoms with E-state index in [1.165, 1.54) is 0 Å². The van der Waals surface area contributed by atoms with Gasteiger partial charge in [-0.2, -0.15) is 0 Å². The van der Waals surface area contributed by atoms with Gasteiger partial charge in [-0.3, -0.25) is 4.79 Å². The van der Waals surface area contributed by atoms with Crippen molar-refractivity contribution in [3.8, 4) is 5.75 Å². The third-order valence-electron chi connectivity index (χ3n) is 4.81. The van der Waals surface area contributed by atoms with Crippen molar-refractivity contribution in [3.05, 3.63) is 94.5 Å². The van der Waals surface area contributed by atoms with Gasteiger partial charge in [-0.05, 0) is 73.2 Å². The van der Waals surface area contributed by atoms with Crippen molar-refractivity contribution in [2.24, 2.45) is 0 Å². The summed E-state index contributed by atoms with van der Waals surface area (Å²) in [5, 5.41) is 4.02. The highest BCUT2D eigenvalue weighted by Crippen LogP contribution is 2.26. The van der Waals surface area contributed by atoms with Gasteiger partial charge in [0.25, 0.3) is 0 Å². The summed E-state index contributed by atoms with van der Waals surface area (Å²) in [6, 6.07) is 21.2. The lowest BCUT2D eigenvalue weighted by Gasteiger charge is -2.20. The molecule has 1 N–H and O–H groups in total. The van der Waals surface area contributed by atoms with E-state index in [0.29, 0.717) is 28.5 Å². The van der Waals surface area contributed by atoms with Gasteiger partial charge in [0.15, 0.2) is 5.78 Å². The zero-order valence-electron chi connectivity index (χ0n) is 17.4. The molecule has 0 amide bonds. The molecule has 0 unspecified atom stereocenters. The number of ether oxygens (including phenoxy) is 2. The maximum Gasteiger partial charge on any atom is 0.338 e. The molecule has 0 aliphatic carbocycles. The summed E-state index contributed by atoms with van der Waals surface area (Å²) in [5.41, 5.74) is 2.81. The van der Waals surface area contributed by atoms with Gasteiger partial charge < -0.3 is 14.8 Å². The van der Waals surface area contributed by atoms with Gasteiger partial charge in [0.05, 0.1) is 25.3 Å². The van der Waals surface area contributed by atoms with Crippen LogP contribution < -0.4 is 10.1 Å². The van der Waals surface area contributed by atoms with Crippen LogP contribution in [0.3, 0.4) is 0 Å². The van der Waals surface area contributed by atoms with Gasteiger partial charge in [-0.1, -0.05) is 23.7 Å². The summed E-state index contributed by atoms with van der Waals surface area (Å²) in [7, 11) is 1.59. The standard InChI is InChI=1S/C25H24ClNO4/c1-3-31-25(29)19-6-12-21(13-7-19)27-23(17-4-10-20(26)11-5-17)16-24(28)18-8-14-22(30-2)15-9-18/h4-15,23,27H,3,16H2,1-2H3/t23-/m1/s1. The number of methoxy groups -OCH3 is 1. The van der Waals surface area contributed by atoms with Gasteiger partial charge in [0.2, 0.25) is 0 Å². The van der Waals surface area contributed by atoms with Crippen LogP contribution in [0.25, 0.3) is 0 Å². The van der Waals surface area contributed by atoms with E-state index in [9.17, 15) is 9.59 Å². The summed E-state index contributed by atoms with van der Waals surface area (Å²) < 4.78 is 10.2. The van der Waals surface area contributed by atoms with Crippen LogP contribution in [0, 0.1) is 0 Å². The summed E-state index contributed by atoms with van der Waals surface area (Å²) in [4.78, 5) is 24.8. The average molecular weight is 438 g/mol. The van der Waals surface area contributed by atoms with E-state index in [4.69, 9.17) is 21.1 Å². The van der Waals surface area contributed by atoms with Crippen LogP contribution in [-0.2, 0) is 4.74 Å². The predicted molar refractivity (Wildman–Crippen MR) is 122 cm³/mol. The van der Waals surface area contributed by atoms with Gasteiger partial charge in [0.1, 0.15) is 5.75 Å². The van der Waals surface area contributed by atoms with Crippen LogP contribution in [-0.4, -0.2) is 25.5 Å². The molecule has 0 aliphatic rings. The van der Waals surface area contributed by atoms with E-state index in [1.54, 1.807) is 74.7 Å². The number of esters is 1. The van der Waals surface area contributed by atoms with Gasteiger partial charge in [0, 0.05) is 22.7 Å². The first-order chi connectivity index (χ1) is 15.0. The van der Waals surface area contributed by atoms with Crippen molar-refractivity contribution < 1.29 is 19.1 Å². The van der Waals surface area contributed by atoms with Crippen LogP contribution in [0.4, 0.5) is 5.69 Å². The molecule has 0 aliphatic heterocycles. The number of carbonyl (C=O) groups excluding carboxylic acids is 2. The smallest absolute Gasteiger partial charge is 0.338 e. The van der Waals surface area contributed by atoms with E-state index >= 15 is 0 Å². The second-order valence-electron chi connectivity index (χ2n) is 6.90. The molecule has 3 aromatic carbocycles. The van der Waals surface area contributed by atoms with Crippen molar-refractivity contribution in [1.29, 1.82) is 0 Å². The Morgan fingerprint density at radius 3 is 2.10 bits per heavy atom. The molecule has 6 heteroatoms. The van der Waals surface area contributed by atoms with Crippen molar-refractivity contribution in [2.75, 3.05) is 19.0 Å². The number of nitrogens with one attached hydrogen (secondary N) is 1. The molecule has 1 atom stereocenters. The van der Waals surface area contributed by atoms with Crippen LogP contribution in [0.15, 0.2) is 72.8 Å². The lowest BCUT2D eigenvalue weighted by Crippen LogP contribution is -2.16. The highest BCUT2D eigenvalue weighted by molar-refractivity contribution is 6.30. The molecule has 0 bridgehead atoms. The molecule has 0 fully saturated rings. The highest BCUT2D eigenvalue weighted by Gasteiger charge is 2.18. The van der Waals surface area contributed by atoms with E-state index in [1.807, 2.05) is 12.1 Å². The number of ketones is 1. The fourth-order valence-corrected chi connectivity index (χ4v) is 3.27. The van der Waals surface area contributed by atoms with E-state index in [0.717, 1.165) is 11.3 Å². The van der Waals surface area contributed by atoms with Gasteiger partial charge in [-0.15, -0.1) is 0 Å². The van der Waals surface area contributed by atoms with Crippen molar-refractivity contribution in [3.63, 3.8) is 0 Å². The molecule has 3 rings (SSSR count). The van der Waals surface area contributed by atoms with Gasteiger partial charge >= 0.3 is 5.97 Å².